The van der Waals surface area contributed by atoms with Crippen LogP contribution >= 0.6 is 0 Å². The normalized spacial score (nSPS) is 19.5. The van der Waals surface area contributed by atoms with E-state index in [1.165, 1.54) is 12.1 Å². The monoisotopic (exact) mass is 250 g/mol. The average Bonchev–Trinajstić information content (AvgIpc) is 2.38. The zero-order valence-electron chi connectivity index (χ0n) is 10.4. The van der Waals surface area contributed by atoms with Crippen molar-refractivity contribution in [3.8, 4) is 0 Å². The Labute approximate surface area is 107 Å². The predicted octanol–water partition coefficient (Wildman–Crippen LogP) is 1.83. The van der Waals surface area contributed by atoms with Crippen LogP contribution in [0.2, 0.25) is 0 Å². The van der Waals surface area contributed by atoms with Crippen LogP contribution in [0, 0.1) is 11.7 Å². The lowest BCUT2D eigenvalue weighted by Crippen LogP contribution is -2.34. The van der Waals surface area contributed by atoms with Gasteiger partial charge in [0.1, 0.15) is 5.82 Å². The van der Waals surface area contributed by atoms with Crippen molar-refractivity contribution in [2.75, 3.05) is 13.1 Å². The van der Waals surface area contributed by atoms with Crippen LogP contribution in [0.15, 0.2) is 24.3 Å². The van der Waals surface area contributed by atoms with Crippen LogP contribution in [-0.4, -0.2) is 19.0 Å². The van der Waals surface area contributed by atoms with Gasteiger partial charge in [0.05, 0.1) is 0 Å². The van der Waals surface area contributed by atoms with E-state index in [0.717, 1.165) is 31.5 Å². The number of carbonyl (C=O) groups excluding carboxylic acids is 1. The highest BCUT2D eigenvalue weighted by Crippen LogP contribution is 2.13. The fraction of sp³-hybridized carbons (Fsp3) is 0.500. The molecular formula is C14H19FN2O. The Morgan fingerprint density at radius 1 is 1.50 bits per heavy atom. The van der Waals surface area contributed by atoms with E-state index < -0.39 is 0 Å². The third-order valence-corrected chi connectivity index (χ3v) is 3.25. The highest BCUT2D eigenvalue weighted by molar-refractivity contribution is 5.76. The van der Waals surface area contributed by atoms with E-state index in [1.807, 2.05) is 6.07 Å². The number of carbonyl (C=O) groups is 1. The van der Waals surface area contributed by atoms with E-state index in [4.69, 9.17) is 0 Å². The van der Waals surface area contributed by atoms with Crippen LogP contribution in [0.4, 0.5) is 4.39 Å². The first kappa shape index (κ1) is 13.0. The Bertz CT molecular complexity index is 403. The van der Waals surface area contributed by atoms with Gasteiger partial charge in [-0.05, 0) is 49.5 Å². The smallest absolute Gasteiger partial charge is 0.220 e. The van der Waals surface area contributed by atoms with Crippen molar-refractivity contribution in [3.05, 3.63) is 35.6 Å². The molecule has 1 aromatic carbocycles. The van der Waals surface area contributed by atoms with Crippen molar-refractivity contribution in [2.24, 2.45) is 5.92 Å². The van der Waals surface area contributed by atoms with Crippen molar-refractivity contribution < 1.29 is 9.18 Å². The van der Waals surface area contributed by atoms with Crippen LogP contribution in [0.5, 0.6) is 0 Å². The van der Waals surface area contributed by atoms with Gasteiger partial charge >= 0.3 is 0 Å². The summed E-state index contributed by atoms with van der Waals surface area (Å²) in [6, 6.07) is 6.31. The summed E-state index contributed by atoms with van der Waals surface area (Å²) < 4.78 is 12.9. The van der Waals surface area contributed by atoms with Gasteiger partial charge in [-0.1, -0.05) is 12.1 Å². The van der Waals surface area contributed by atoms with E-state index in [0.29, 0.717) is 18.9 Å². The van der Waals surface area contributed by atoms with Gasteiger partial charge in [-0.25, -0.2) is 4.39 Å². The molecule has 1 aliphatic heterocycles. The lowest BCUT2D eigenvalue weighted by atomic mass is 9.96. The van der Waals surface area contributed by atoms with Gasteiger partial charge in [-0.3, -0.25) is 4.79 Å². The highest BCUT2D eigenvalue weighted by atomic mass is 19.1. The first-order valence-electron chi connectivity index (χ1n) is 6.46. The molecule has 1 heterocycles. The molecule has 98 valence electrons. The third-order valence-electron chi connectivity index (χ3n) is 3.25. The maximum Gasteiger partial charge on any atom is 0.220 e. The number of nitrogens with one attached hydrogen (secondary N) is 2. The molecule has 0 radical (unpaired) electrons. The van der Waals surface area contributed by atoms with Gasteiger partial charge in [-0.2, -0.15) is 0 Å². The van der Waals surface area contributed by atoms with Gasteiger partial charge in [-0.15, -0.1) is 0 Å². The highest BCUT2D eigenvalue weighted by Gasteiger charge is 2.16. The Balaban J connectivity index is 1.74. The van der Waals surface area contributed by atoms with Crippen LogP contribution < -0.4 is 10.6 Å². The first-order valence-corrected chi connectivity index (χ1v) is 6.46. The number of amides is 1. The molecular weight excluding hydrogens is 231 g/mol. The summed E-state index contributed by atoms with van der Waals surface area (Å²) in [5.74, 6) is 0.220. The minimum absolute atomic E-state index is 0.0490. The number of hydrogen-bond acceptors (Lipinski definition) is 2. The molecule has 0 spiro atoms. The topological polar surface area (TPSA) is 41.1 Å². The van der Waals surface area contributed by atoms with Gasteiger partial charge in [0, 0.05) is 13.0 Å². The quantitative estimate of drug-likeness (QED) is 0.856. The minimum atomic E-state index is -0.266. The van der Waals surface area contributed by atoms with Crippen LogP contribution in [0.1, 0.15) is 24.8 Å². The Morgan fingerprint density at radius 3 is 3.11 bits per heavy atom. The molecule has 4 heteroatoms. The fourth-order valence-electron chi connectivity index (χ4n) is 2.28. The van der Waals surface area contributed by atoms with E-state index in [-0.39, 0.29) is 11.7 Å². The van der Waals surface area contributed by atoms with Gasteiger partial charge in [0.2, 0.25) is 5.91 Å². The van der Waals surface area contributed by atoms with Gasteiger partial charge in [0.15, 0.2) is 0 Å². The molecule has 2 N–H and O–H groups in total. The lowest BCUT2D eigenvalue weighted by Gasteiger charge is -2.22. The standard InChI is InChI=1S/C14H19FN2O/c15-13-5-1-3-11(7-13)10-17-14(18)8-12-4-2-6-16-9-12/h1,3,5,7,12,16H,2,4,6,8-10H2,(H,17,18). The van der Waals surface area contributed by atoms with E-state index in [2.05, 4.69) is 10.6 Å². The molecule has 0 aliphatic carbocycles. The van der Waals surface area contributed by atoms with Crippen LogP contribution in [0.25, 0.3) is 0 Å². The zero-order chi connectivity index (χ0) is 12.8. The summed E-state index contributed by atoms with van der Waals surface area (Å²) in [7, 11) is 0. The van der Waals surface area contributed by atoms with Crippen molar-refractivity contribution in [1.82, 2.24) is 10.6 Å². The largest absolute Gasteiger partial charge is 0.352 e. The summed E-state index contributed by atoms with van der Waals surface area (Å²) in [6.07, 6.45) is 2.81. The molecule has 1 aliphatic rings. The second kappa shape index (κ2) is 6.50. The van der Waals surface area contributed by atoms with Crippen molar-refractivity contribution in [3.63, 3.8) is 0 Å². The van der Waals surface area contributed by atoms with Gasteiger partial charge < -0.3 is 10.6 Å². The molecule has 1 aromatic rings. The molecule has 1 amide bonds. The molecule has 0 saturated carbocycles. The average molecular weight is 250 g/mol. The maximum atomic E-state index is 12.9. The van der Waals surface area contributed by atoms with Crippen molar-refractivity contribution in [2.45, 2.75) is 25.8 Å². The summed E-state index contributed by atoms with van der Waals surface area (Å²) in [4.78, 5) is 11.7. The van der Waals surface area contributed by atoms with Crippen molar-refractivity contribution in [1.29, 1.82) is 0 Å². The van der Waals surface area contributed by atoms with Crippen molar-refractivity contribution >= 4 is 5.91 Å². The number of piperidine rings is 1. The molecule has 1 saturated heterocycles. The summed E-state index contributed by atoms with van der Waals surface area (Å²) >= 11 is 0. The van der Waals surface area contributed by atoms with Gasteiger partial charge in [0.25, 0.3) is 0 Å². The fourth-order valence-corrected chi connectivity index (χ4v) is 2.28. The molecule has 1 unspecified atom stereocenters. The Kier molecular flexibility index (Phi) is 4.70. The van der Waals surface area contributed by atoms with E-state index >= 15 is 0 Å². The van der Waals surface area contributed by atoms with Crippen LogP contribution in [-0.2, 0) is 11.3 Å². The SMILES string of the molecule is O=C(CC1CCCNC1)NCc1cccc(F)c1. The zero-order valence-corrected chi connectivity index (χ0v) is 10.4. The second-order valence-electron chi connectivity index (χ2n) is 4.82. The summed E-state index contributed by atoms with van der Waals surface area (Å²) in [5, 5.41) is 6.13. The number of halogens is 1. The lowest BCUT2D eigenvalue weighted by molar-refractivity contribution is -0.122. The third kappa shape index (κ3) is 4.11. The molecule has 3 nitrogen and oxygen atoms in total. The summed E-state index contributed by atoms with van der Waals surface area (Å²) in [5.41, 5.74) is 0.796. The Morgan fingerprint density at radius 2 is 2.39 bits per heavy atom. The number of rotatable bonds is 4. The Hall–Kier alpha value is -1.42. The van der Waals surface area contributed by atoms with E-state index in [1.54, 1.807) is 6.07 Å². The summed E-state index contributed by atoms with van der Waals surface area (Å²) in [6.45, 7) is 2.38. The first-order chi connectivity index (χ1) is 8.74. The molecule has 0 bridgehead atoms. The number of hydrogen-bond donors (Lipinski definition) is 2. The van der Waals surface area contributed by atoms with Crippen LogP contribution in [0.3, 0.4) is 0 Å². The molecule has 0 aromatic heterocycles. The minimum Gasteiger partial charge on any atom is -0.352 e. The predicted molar refractivity (Wildman–Crippen MR) is 68.5 cm³/mol. The van der Waals surface area contributed by atoms with E-state index in [9.17, 15) is 9.18 Å². The molecule has 1 fully saturated rings. The maximum absolute atomic E-state index is 12.9. The number of benzene rings is 1. The molecule has 18 heavy (non-hydrogen) atoms. The molecule has 2 rings (SSSR count). The molecule has 1 atom stereocenters. The second-order valence-corrected chi connectivity index (χ2v) is 4.82.